The third-order valence-corrected chi connectivity index (χ3v) is 2.14. The Morgan fingerprint density at radius 1 is 1.50 bits per heavy atom. The van der Waals surface area contributed by atoms with Gasteiger partial charge >= 0.3 is 0 Å². The molecule has 0 aliphatic heterocycles. The van der Waals surface area contributed by atoms with E-state index in [1.807, 2.05) is 13.8 Å². The second-order valence-corrected chi connectivity index (χ2v) is 3.41. The zero-order valence-electron chi connectivity index (χ0n) is 8.95. The Hall–Kier alpha value is -0.900. The van der Waals surface area contributed by atoms with E-state index in [4.69, 9.17) is 5.73 Å². The van der Waals surface area contributed by atoms with Crippen molar-refractivity contribution in [2.24, 2.45) is 5.73 Å². The molecular formula is C10H20N2O2. The molecule has 0 aliphatic rings. The first-order valence-electron chi connectivity index (χ1n) is 5.16. The zero-order chi connectivity index (χ0) is 11.0. The lowest BCUT2D eigenvalue weighted by atomic mass is 10.1. The van der Waals surface area contributed by atoms with Gasteiger partial charge in [0.2, 0.25) is 5.91 Å². The average Bonchev–Trinajstić information content (AvgIpc) is 2.22. The molecule has 0 aromatic carbocycles. The number of hydrogen-bond donors (Lipinski definition) is 2. The van der Waals surface area contributed by atoms with E-state index in [-0.39, 0.29) is 11.9 Å². The summed E-state index contributed by atoms with van der Waals surface area (Å²) in [4.78, 5) is 21.9. The molecule has 4 nitrogen and oxygen atoms in total. The molecule has 82 valence electrons. The van der Waals surface area contributed by atoms with E-state index in [2.05, 4.69) is 5.32 Å². The van der Waals surface area contributed by atoms with Crippen LogP contribution in [-0.2, 0) is 9.59 Å². The molecule has 0 spiro atoms. The highest BCUT2D eigenvalue weighted by Crippen LogP contribution is 1.99. The Labute approximate surface area is 85.2 Å². The summed E-state index contributed by atoms with van der Waals surface area (Å²) in [6.45, 7) is 3.88. The molecule has 0 rings (SSSR count). The van der Waals surface area contributed by atoms with Crippen LogP contribution < -0.4 is 11.1 Å². The summed E-state index contributed by atoms with van der Waals surface area (Å²) in [5, 5.41) is 2.62. The van der Waals surface area contributed by atoms with E-state index in [1.165, 1.54) is 0 Å². The number of carbonyl (C=O) groups is 2. The molecule has 0 aliphatic carbocycles. The van der Waals surface area contributed by atoms with Crippen molar-refractivity contribution in [2.45, 2.75) is 51.6 Å². The van der Waals surface area contributed by atoms with Crippen molar-refractivity contribution in [1.82, 2.24) is 5.32 Å². The van der Waals surface area contributed by atoms with Gasteiger partial charge in [-0.05, 0) is 12.8 Å². The molecule has 14 heavy (non-hydrogen) atoms. The number of nitrogens with two attached hydrogens (primary N) is 1. The van der Waals surface area contributed by atoms with Crippen LogP contribution in [-0.4, -0.2) is 24.3 Å². The molecule has 1 amide bonds. The monoisotopic (exact) mass is 200 g/mol. The number of unbranched alkanes of at least 4 members (excludes halogenated alkanes) is 1. The third kappa shape index (κ3) is 4.97. The molecule has 0 saturated carbocycles. The summed E-state index contributed by atoms with van der Waals surface area (Å²) in [6, 6.07) is -0.876. The average molecular weight is 200 g/mol. The summed E-state index contributed by atoms with van der Waals surface area (Å²) in [7, 11) is 0. The van der Waals surface area contributed by atoms with Crippen molar-refractivity contribution >= 4 is 12.2 Å². The largest absolute Gasteiger partial charge is 0.345 e. The van der Waals surface area contributed by atoms with Crippen LogP contribution >= 0.6 is 0 Å². The van der Waals surface area contributed by atoms with E-state index >= 15 is 0 Å². The zero-order valence-corrected chi connectivity index (χ0v) is 8.95. The van der Waals surface area contributed by atoms with Crippen LogP contribution in [0.1, 0.15) is 39.5 Å². The highest BCUT2D eigenvalue weighted by atomic mass is 16.2. The molecule has 3 N–H and O–H groups in total. The molecule has 0 bridgehead atoms. The molecule has 0 aromatic rings. The van der Waals surface area contributed by atoms with Crippen LogP contribution in [0.15, 0.2) is 0 Å². The fraction of sp³-hybridized carbons (Fsp3) is 0.800. The number of hydrogen-bond acceptors (Lipinski definition) is 3. The molecular weight excluding hydrogens is 180 g/mol. The van der Waals surface area contributed by atoms with Crippen LogP contribution in [0.5, 0.6) is 0 Å². The van der Waals surface area contributed by atoms with Crippen LogP contribution in [0.4, 0.5) is 0 Å². The van der Waals surface area contributed by atoms with E-state index in [0.717, 1.165) is 19.1 Å². The highest BCUT2D eigenvalue weighted by molar-refractivity contribution is 5.84. The third-order valence-electron chi connectivity index (χ3n) is 2.14. The first-order valence-corrected chi connectivity index (χ1v) is 5.16. The van der Waals surface area contributed by atoms with Crippen molar-refractivity contribution in [3.05, 3.63) is 0 Å². The fourth-order valence-electron chi connectivity index (χ4n) is 1.07. The van der Waals surface area contributed by atoms with Crippen LogP contribution in [0.3, 0.4) is 0 Å². The molecule has 0 aromatic heterocycles. The van der Waals surface area contributed by atoms with Crippen molar-refractivity contribution in [3.8, 4) is 0 Å². The quantitative estimate of drug-likeness (QED) is 0.591. The maximum absolute atomic E-state index is 11.3. The smallest absolute Gasteiger partial charge is 0.237 e. The Bertz CT molecular complexity index is 183. The Morgan fingerprint density at radius 2 is 2.14 bits per heavy atom. The number of amides is 1. The molecule has 0 saturated heterocycles. The van der Waals surface area contributed by atoms with Crippen LogP contribution in [0.25, 0.3) is 0 Å². The minimum Gasteiger partial charge on any atom is -0.345 e. The fourth-order valence-corrected chi connectivity index (χ4v) is 1.07. The normalized spacial score (nSPS) is 14.5. The van der Waals surface area contributed by atoms with Gasteiger partial charge in [-0.2, -0.15) is 0 Å². The Balaban J connectivity index is 3.91. The second kappa shape index (κ2) is 7.50. The van der Waals surface area contributed by atoms with Gasteiger partial charge in [0.15, 0.2) is 0 Å². The number of nitrogens with one attached hydrogen (secondary N) is 1. The van der Waals surface area contributed by atoms with Gasteiger partial charge in [0.1, 0.15) is 6.29 Å². The van der Waals surface area contributed by atoms with Crippen molar-refractivity contribution in [2.75, 3.05) is 0 Å². The summed E-state index contributed by atoms with van der Waals surface area (Å²) < 4.78 is 0. The van der Waals surface area contributed by atoms with E-state index in [9.17, 15) is 9.59 Å². The van der Waals surface area contributed by atoms with Gasteiger partial charge < -0.3 is 15.8 Å². The van der Waals surface area contributed by atoms with E-state index in [1.54, 1.807) is 0 Å². The van der Waals surface area contributed by atoms with Gasteiger partial charge in [0.05, 0.1) is 12.1 Å². The number of rotatable bonds is 7. The van der Waals surface area contributed by atoms with Gasteiger partial charge in [-0.25, -0.2) is 0 Å². The highest BCUT2D eigenvalue weighted by Gasteiger charge is 2.15. The van der Waals surface area contributed by atoms with Crippen molar-refractivity contribution in [3.63, 3.8) is 0 Å². The maximum Gasteiger partial charge on any atom is 0.237 e. The van der Waals surface area contributed by atoms with Crippen LogP contribution in [0.2, 0.25) is 0 Å². The molecule has 0 fully saturated rings. The Morgan fingerprint density at radius 3 is 2.57 bits per heavy atom. The molecule has 0 unspecified atom stereocenters. The summed E-state index contributed by atoms with van der Waals surface area (Å²) >= 11 is 0. The molecule has 4 heteroatoms. The minimum atomic E-state index is -0.501. The lowest BCUT2D eigenvalue weighted by molar-refractivity contribution is -0.125. The second-order valence-electron chi connectivity index (χ2n) is 3.41. The lowest BCUT2D eigenvalue weighted by Crippen LogP contribution is -2.45. The van der Waals surface area contributed by atoms with Crippen LogP contribution in [0, 0.1) is 0 Å². The Kier molecular flexibility index (Phi) is 7.02. The SMILES string of the molecule is CCCC[C@@H](C=O)NC(=O)[C@@H](N)CC. The van der Waals surface area contributed by atoms with Gasteiger partial charge in [-0.15, -0.1) is 0 Å². The summed E-state index contributed by atoms with van der Waals surface area (Å²) in [5.41, 5.74) is 5.52. The van der Waals surface area contributed by atoms with E-state index < -0.39 is 6.04 Å². The minimum absolute atomic E-state index is 0.235. The van der Waals surface area contributed by atoms with Crippen molar-refractivity contribution in [1.29, 1.82) is 0 Å². The maximum atomic E-state index is 11.3. The summed E-state index contributed by atoms with van der Waals surface area (Å²) in [5.74, 6) is -0.235. The molecule has 0 heterocycles. The predicted octanol–water partition coefficient (Wildman–Crippen LogP) is 0.598. The first-order chi connectivity index (χ1) is 6.65. The standard InChI is InChI=1S/C10H20N2O2/c1-3-5-6-8(7-13)12-10(14)9(11)4-2/h7-9H,3-6,11H2,1-2H3,(H,12,14)/t8-,9-/m0/s1. The topological polar surface area (TPSA) is 72.2 Å². The predicted molar refractivity (Wildman–Crippen MR) is 55.8 cm³/mol. The van der Waals surface area contributed by atoms with E-state index in [0.29, 0.717) is 12.8 Å². The first kappa shape index (κ1) is 13.1. The van der Waals surface area contributed by atoms with Gasteiger partial charge in [0.25, 0.3) is 0 Å². The van der Waals surface area contributed by atoms with Gasteiger partial charge in [-0.1, -0.05) is 26.7 Å². The van der Waals surface area contributed by atoms with Gasteiger partial charge in [0, 0.05) is 0 Å². The summed E-state index contributed by atoms with van der Waals surface area (Å²) in [6.07, 6.45) is 4.01. The lowest BCUT2D eigenvalue weighted by Gasteiger charge is -2.15. The number of aldehydes is 1. The van der Waals surface area contributed by atoms with Gasteiger partial charge in [-0.3, -0.25) is 4.79 Å². The molecule has 0 radical (unpaired) electrons. The number of carbonyl (C=O) groups excluding carboxylic acids is 2. The molecule has 2 atom stereocenters. The van der Waals surface area contributed by atoms with Crippen molar-refractivity contribution < 1.29 is 9.59 Å².